The van der Waals surface area contributed by atoms with Crippen LogP contribution in [0.1, 0.15) is 213 Å². The van der Waals surface area contributed by atoms with E-state index in [1.165, 1.54) is 135 Å². The van der Waals surface area contributed by atoms with Gasteiger partial charge in [-0.3, -0.25) is 4.79 Å². The number of rotatable bonds is 41. The van der Waals surface area contributed by atoms with Crippen LogP contribution in [0.25, 0.3) is 0 Å². The Hall–Kier alpha value is -1.19. The molecule has 0 aliphatic carbocycles. The van der Waals surface area contributed by atoms with Crippen molar-refractivity contribution < 1.29 is 55.1 Å². The molecule has 356 valence electrons. The second kappa shape index (κ2) is 38.3. The van der Waals surface area contributed by atoms with E-state index in [0.29, 0.717) is 12.8 Å². The molecule has 0 saturated carbocycles. The molecule has 0 aromatic heterocycles. The molecule has 1 heterocycles. The molecule has 10 atom stereocenters. The number of carbonyl (C=O) groups excluding carboxylic acids is 1. The maximum atomic E-state index is 13.1. The molecule has 0 bridgehead atoms. The lowest BCUT2D eigenvalue weighted by Crippen LogP contribution is -2.60. The molecular formula is C48H93NO11. The molecule has 1 fully saturated rings. The van der Waals surface area contributed by atoms with E-state index in [9.17, 15) is 45.6 Å². The molecule has 9 N–H and O–H groups in total. The number of aliphatic hydroxyl groups excluding tert-OH is 8. The fourth-order valence-corrected chi connectivity index (χ4v) is 7.96. The Balaban J connectivity index is 2.48. The maximum absolute atomic E-state index is 13.1. The maximum Gasteiger partial charge on any atom is 0.249 e. The van der Waals surface area contributed by atoms with Crippen molar-refractivity contribution in [2.75, 3.05) is 13.2 Å². The average Bonchev–Trinajstić information content (AvgIpc) is 3.24. The Bertz CT molecular complexity index is 1000. The van der Waals surface area contributed by atoms with Gasteiger partial charge in [-0.25, -0.2) is 0 Å². The highest BCUT2D eigenvalue weighted by atomic mass is 16.7. The van der Waals surface area contributed by atoms with Crippen LogP contribution in [0.15, 0.2) is 12.2 Å². The van der Waals surface area contributed by atoms with Gasteiger partial charge < -0.3 is 55.6 Å². The predicted octanol–water partition coefficient (Wildman–Crippen LogP) is 7.42. The van der Waals surface area contributed by atoms with E-state index in [4.69, 9.17) is 9.47 Å². The van der Waals surface area contributed by atoms with Crippen LogP contribution in [0.4, 0.5) is 0 Å². The second-order valence-corrected chi connectivity index (χ2v) is 17.7. The van der Waals surface area contributed by atoms with Crippen LogP contribution in [0, 0.1) is 0 Å². The quantitative estimate of drug-likeness (QED) is 0.0218. The summed E-state index contributed by atoms with van der Waals surface area (Å²) in [5.74, 6) is -0.737. The summed E-state index contributed by atoms with van der Waals surface area (Å²) >= 11 is 0. The van der Waals surface area contributed by atoms with Gasteiger partial charge in [-0.15, -0.1) is 0 Å². The summed E-state index contributed by atoms with van der Waals surface area (Å²) in [4.78, 5) is 13.1. The number of allylic oxidation sites excluding steroid dienone is 2. The first-order chi connectivity index (χ1) is 29.1. The number of hydrogen-bond donors (Lipinski definition) is 9. The van der Waals surface area contributed by atoms with Crippen molar-refractivity contribution in [2.45, 2.75) is 274 Å². The molecule has 1 rings (SSSR count). The van der Waals surface area contributed by atoms with Gasteiger partial charge in [0, 0.05) is 6.42 Å². The van der Waals surface area contributed by atoms with E-state index in [0.717, 1.165) is 32.1 Å². The molecule has 1 aliphatic rings. The highest BCUT2D eigenvalue weighted by Crippen LogP contribution is 2.23. The molecule has 1 aliphatic heterocycles. The minimum absolute atomic E-state index is 0.230. The molecule has 0 radical (unpaired) electrons. The number of amides is 1. The molecule has 0 aromatic carbocycles. The van der Waals surface area contributed by atoms with Gasteiger partial charge in [0.05, 0.1) is 37.6 Å². The fraction of sp³-hybridized carbons (Fsp3) is 0.938. The normalized spacial score (nSPS) is 22.2. The third-order valence-electron chi connectivity index (χ3n) is 12.2. The minimum Gasteiger partial charge on any atom is -0.394 e. The van der Waals surface area contributed by atoms with Crippen molar-refractivity contribution in [3.05, 3.63) is 12.2 Å². The smallest absolute Gasteiger partial charge is 0.249 e. The highest BCUT2D eigenvalue weighted by Gasteiger charge is 2.44. The zero-order valence-electron chi connectivity index (χ0n) is 38.1. The van der Waals surface area contributed by atoms with Crippen LogP contribution < -0.4 is 5.32 Å². The SMILES string of the molecule is CCCCCCCCCCCCCCCC/C=C/CCC(O)C(O)CC(O)C(CO[C@@H]1O[C@H](CO)[C@@H](O)[C@H](O)[C@H]1O)NC(=O)C(O)CCCCCCCCCCCCCC. The Labute approximate surface area is 364 Å². The van der Waals surface area contributed by atoms with E-state index in [-0.39, 0.29) is 19.3 Å². The molecule has 1 amide bonds. The van der Waals surface area contributed by atoms with E-state index >= 15 is 0 Å². The largest absolute Gasteiger partial charge is 0.394 e. The average molecular weight is 860 g/mol. The van der Waals surface area contributed by atoms with Gasteiger partial charge in [0.2, 0.25) is 5.91 Å². The van der Waals surface area contributed by atoms with Crippen molar-refractivity contribution >= 4 is 5.91 Å². The molecule has 0 spiro atoms. The lowest BCUT2D eigenvalue weighted by molar-refractivity contribution is -0.302. The minimum atomic E-state index is -1.69. The van der Waals surface area contributed by atoms with Crippen molar-refractivity contribution in [3.8, 4) is 0 Å². The summed E-state index contributed by atoms with van der Waals surface area (Å²) in [6, 6.07) is -1.20. The fourth-order valence-electron chi connectivity index (χ4n) is 7.96. The van der Waals surface area contributed by atoms with Crippen LogP contribution in [0.2, 0.25) is 0 Å². The van der Waals surface area contributed by atoms with Gasteiger partial charge in [0.15, 0.2) is 6.29 Å². The molecule has 5 unspecified atom stereocenters. The number of carbonyl (C=O) groups is 1. The summed E-state index contributed by atoms with van der Waals surface area (Å²) in [5, 5.41) is 86.2. The van der Waals surface area contributed by atoms with Gasteiger partial charge in [0.25, 0.3) is 0 Å². The number of unbranched alkanes of at least 4 members (excludes halogenated alkanes) is 25. The van der Waals surface area contributed by atoms with Gasteiger partial charge in [-0.05, 0) is 32.1 Å². The van der Waals surface area contributed by atoms with Gasteiger partial charge in [-0.1, -0.05) is 187 Å². The van der Waals surface area contributed by atoms with Crippen molar-refractivity contribution in [1.82, 2.24) is 5.32 Å². The third-order valence-corrected chi connectivity index (χ3v) is 12.2. The summed E-state index contributed by atoms with van der Waals surface area (Å²) in [7, 11) is 0. The van der Waals surface area contributed by atoms with Gasteiger partial charge >= 0.3 is 0 Å². The van der Waals surface area contributed by atoms with Gasteiger partial charge in [-0.2, -0.15) is 0 Å². The number of hydrogen-bond acceptors (Lipinski definition) is 11. The molecule has 12 nitrogen and oxygen atoms in total. The Morgan fingerprint density at radius 2 is 1.02 bits per heavy atom. The second-order valence-electron chi connectivity index (χ2n) is 17.7. The third kappa shape index (κ3) is 27.8. The van der Waals surface area contributed by atoms with E-state index in [1.807, 2.05) is 6.08 Å². The standard InChI is InChI=1S/C48H93NO11/c1-3-5-7-9-11-13-15-17-18-19-20-21-22-24-25-27-29-31-33-39(51)42(54)35-41(53)38(37-59-48-46(57)45(56)44(55)43(36-50)60-48)49-47(58)40(52)34-32-30-28-26-23-16-14-12-10-8-6-4-2/h27,29,38-46,48,50-57H,3-26,28,30-37H2,1-2H3,(H,49,58)/b29-27+/t38?,39?,40?,41?,42?,43-,44-,45+,46-,48-/m1/s1. The molecule has 0 aromatic rings. The summed E-state index contributed by atoms with van der Waals surface area (Å²) in [6.45, 7) is 3.36. The number of aliphatic hydroxyl groups is 8. The predicted molar refractivity (Wildman–Crippen MR) is 239 cm³/mol. The zero-order valence-corrected chi connectivity index (χ0v) is 38.1. The lowest BCUT2D eigenvalue weighted by atomic mass is 9.98. The van der Waals surface area contributed by atoms with E-state index in [1.54, 1.807) is 0 Å². The zero-order chi connectivity index (χ0) is 44.2. The Morgan fingerprint density at radius 3 is 1.50 bits per heavy atom. The monoisotopic (exact) mass is 860 g/mol. The van der Waals surface area contributed by atoms with Crippen LogP contribution >= 0.6 is 0 Å². The highest BCUT2D eigenvalue weighted by molar-refractivity contribution is 5.80. The molecular weight excluding hydrogens is 767 g/mol. The van der Waals surface area contributed by atoms with Crippen molar-refractivity contribution in [1.29, 1.82) is 0 Å². The molecule has 12 heteroatoms. The molecule has 60 heavy (non-hydrogen) atoms. The van der Waals surface area contributed by atoms with Crippen molar-refractivity contribution in [2.24, 2.45) is 0 Å². The first-order valence-electron chi connectivity index (χ1n) is 24.7. The topological polar surface area (TPSA) is 209 Å². The summed E-state index contributed by atoms with van der Waals surface area (Å²) in [5.41, 5.74) is 0. The Kier molecular flexibility index (Phi) is 36.3. The van der Waals surface area contributed by atoms with Crippen molar-refractivity contribution in [3.63, 3.8) is 0 Å². The Morgan fingerprint density at radius 1 is 0.567 bits per heavy atom. The number of nitrogens with one attached hydrogen (secondary N) is 1. The summed E-state index contributed by atoms with van der Waals surface area (Å²) in [6.07, 6.45) is 25.2. The van der Waals surface area contributed by atoms with Crippen LogP contribution in [-0.2, 0) is 14.3 Å². The first-order valence-corrected chi connectivity index (χ1v) is 24.7. The summed E-state index contributed by atoms with van der Waals surface area (Å²) < 4.78 is 11.0. The first kappa shape index (κ1) is 56.8. The van der Waals surface area contributed by atoms with Crippen LogP contribution in [0.3, 0.4) is 0 Å². The number of ether oxygens (including phenoxy) is 2. The van der Waals surface area contributed by atoms with E-state index < -0.39 is 80.3 Å². The van der Waals surface area contributed by atoms with Crippen LogP contribution in [-0.4, -0.2) is 121 Å². The van der Waals surface area contributed by atoms with Crippen LogP contribution in [0.5, 0.6) is 0 Å². The molecule has 1 saturated heterocycles. The lowest BCUT2D eigenvalue weighted by Gasteiger charge is -2.40. The van der Waals surface area contributed by atoms with E-state index in [2.05, 4.69) is 25.2 Å². The van der Waals surface area contributed by atoms with Gasteiger partial charge in [0.1, 0.15) is 30.5 Å².